The number of carboxylic acids is 1. The van der Waals surface area contributed by atoms with E-state index in [9.17, 15) is 14.7 Å². The van der Waals surface area contributed by atoms with Gasteiger partial charge in [0.15, 0.2) is 0 Å². The van der Waals surface area contributed by atoms with Crippen molar-refractivity contribution in [2.45, 2.75) is 45.1 Å². The first kappa shape index (κ1) is 18.8. The maximum atomic E-state index is 11.8. The highest BCUT2D eigenvalue weighted by Gasteiger charge is 2.22. The van der Waals surface area contributed by atoms with Crippen LogP contribution in [0.25, 0.3) is 0 Å². The van der Waals surface area contributed by atoms with Gasteiger partial charge in [-0.15, -0.1) is 11.8 Å². The summed E-state index contributed by atoms with van der Waals surface area (Å²) < 4.78 is 4.16. The molecule has 0 aliphatic carbocycles. The monoisotopic (exact) mass is 345 g/mol. The van der Waals surface area contributed by atoms with Crippen LogP contribution in [0.4, 0.5) is 9.80 Å². The van der Waals surface area contributed by atoms with Gasteiger partial charge < -0.3 is 10.4 Å². The molecule has 6 nitrogen and oxygen atoms in total. The number of aromatic nitrogens is 1. The molecule has 1 aromatic heterocycles. The normalized spacial score (nSPS) is 10.7. The number of nitrogens with one attached hydrogen (secondary N) is 2. The zero-order chi connectivity index (χ0) is 16.5. The maximum Gasteiger partial charge on any atom is 0.341 e. The minimum absolute atomic E-state index is 0.0891. The highest BCUT2D eigenvalue weighted by molar-refractivity contribution is 7.99. The molecule has 8 heteroatoms. The summed E-state index contributed by atoms with van der Waals surface area (Å²) in [4.78, 5) is 23.2. The lowest BCUT2D eigenvalue weighted by Gasteiger charge is -2.08. The van der Waals surface area contributed by atoms with Gasteiger partial charge in [0.25, 0.3) is 0 Å². The fourth-order valence-electron chi connectivity index (χ4n) is 1.61. The SMILES string of the molecule is CCCCCSc1nsc(NC(=O)NCC(C)C)c1C(=O)O. The zero-order valence-corrected chi connectivity index (χ0v) is 14.8. The maximum absolute atomic E-state index is 11.8. The molecule has 0 aliphatic rings. The molecule has 0 aliphatic heterocycles. The number of aromatic carboxylic acids is 1. The lowest BCUT2D eigenvalue weighted by molar-refractivity contribution is 0.0694. The molecule has 1 aromatic rings. The van der Waals surface area contributed by atoms with Crippen LogP contribution < -0.4 is 10.6 Å². The van der Waals surface area contributed by atoms with E-state index in [-0.39, 0.29) is 10.6 Å². The Bertz CT molecular complexity index is 504. The molecular weight excluding hydrogens is 322 g/mol. The molecule has 0 aromatic carbocycles. The molecule has 0 saturated carbocycles. The minimum atomic E-state index is -1.06. The Morgan fingerprint density at radius 1 is 1.36 bits per heavy atom. The summed E-state index contributed by atoms with van der Waals surface area (Å²) in [5.74, 6) is 0.0957. The number of rotatable bonds is 9. The summed E-state index contributed by atoms with van der Waals surface area (Å²) in [7, 11) is 0. The van der Waals surface area contributed by atoms with Gasteiger partial charge in [-0.25, -0.2) is 9.59 Å². The van der Waals surface area contributed by atoms with E-state index in [4.69, 9.17) is 0 Å². The van der Waals surface area contributed by atoms with Gasteiger partial charge in [0, 0.05) is 6.54 Å². The standard InChI is InChI=1S/C14H23N3O3S2/c1-4-5-6-7-21-12-10(13(18)19)11(22-17-12)16-14(20)15-8-9(2)3/h9H,4-8H2,1-3H3,(H,18,19)(H2,15,16,20). The van der Waals surface area contributed by atoms with E-state index in [1.807, 2.05) is 13.8 Å². The van der Waals surface area contributed by atoms with Crippen molar-refractivity contribution in [1.82, 2.24) is 9.69 Å². The van der Waals surface area contributed by atoms with E-state index >= 15 is 0 Å². The summed E-state index contributed by atoms with van der Waals surface area (Å²) in [6.07, 6.45) is 3.25. The van der Waals surface area contributed by atoms with E-state index in [0.29, 0.717) is 17.5 Å². The fraction of sp³-hybridized carbons (Fsp3) is 0.643. The van der Waals surface area contributed by atoms with Crippen molar-refractivity contribution in [2.24, 2.45) is 5.92 Å². The summed E-state index contributed by atoms with van der Waals surface area (Å²) >= 11 is 2.44. The van der Waals surface area contributed by atoms with E-state index in [1.54, 1.807) is 0 Å². The van der Waals surface area contributed by atoms with E-state index in [1.165, 1.54) is 11.8 Å². The third-order valence-corrected chi connectivity index (χ3v) is 4.70. The minimum Gasteiger partial charge on any atom is -0.477 e. The Morgan fingerprint density at radius 2 is 2.09 bits per heavy atom. The average Bonchev–Trinajstić information content (AvgIpc) is 2.84. The number of hydrogen-bond acceptors (Lipinski definition) is 5. The third-order valence-electron chi connectivity index (χ3n) is 2.76. The van der Waals surface area contributed by atoms with Crippen LogP contribution in [-0.2, 0) is 0 Å². The second kappa shape index (κ2) is 9.68. The summed E-state index contributed by atoms with van der Waals surface area (Å²) in [6.45, 7) is 6.63. The first-order valence-electron chi connectivity index (χ1n) is 7.36. The molecule has 0 radical (unpaired) electrons. The summed E-state index contributed by atoms with van der Waals surface area (Å²) in [6, 6.07) is -0.401. The van der Waals surface area contributed by atoms with Gasteiger partial charge in [0.1, 0.15) is 15.6 Å². The number of carbonyl (C=O) groups excluding carboxylic acids is 1. The van der Waals surface area contributed by atoms with Crippen molar-refractivity contribution in [1.29, 1.82) is 0 Å². The van der Waals surface area contributed by atoms with Gasteiger partial charge >= 0.3 is 12.0 Å². The molecule has 22 heavy (non-hydrogen) atoms. The van der Waals surface area contributed by atoms with Crippen molar-refractivity contribution in [3.63, 3.8) is 0 Å². The predicted molar refractivity (Wildman–Crippen MR) is 91.2 cm³/mol. The molecule has 124 valence electrons. The van der Waals surface area contributed by atoms with Crippen molar-refractivity contribution < 1.29 is 14.7 Å². The number of nitrogens with zero attached hydrogens (tertiary/aromatic N) is 1. The highest BCUT2D eigenvalue weighted by Crippen LogP contribution is 2.32. The smallest absolute Gasteiger partial charge is 0.341 e. The van der Waals surface area contributed by atoms with Crippen molar-refractivity contribution in [3.05, 3.63) is 5.56 Å². The van der Waals surface area contributed by atoms with Crippen LogP contribution in [0.2, 0.25) is 0 Å². The molecule has 0 fully saturated rings. The Kier molecular flexibility index (Phi) is 8.26. The molecule has 0 bridgehead atoms. The lowest BCUT2D eigenvalue weighted by Crippen LogP contribution is -2.31. The van der Waals surface area contributed by atoms with Crippen LogP contribution >= 0.6 is 23.3 Å². The fourth-order valence-corrected chi connectivity index (χ4v) is 3.55. The first-order valence-corrected chi connectivity index (χ1v) is 9.12. The van der Waals surface area contributed by atoms with E-state index in [2.05, 4.69) is 21.9 Å². The molecule has 3 N–H and O–H groups in total. The quantitative estimate of drug-likeness (QED) is 0.466. The highest BCUT2D eigenvalue weighted by atomic mass is 32.2. The molecular formula is C14H23N3O3S2. The number of carbonyl (C=O) groups is 2. The topological polar surface area (TPSA) is 91.3 Å². The van der Waals surface area contributed by atoms with Crippen LogP contribution in [0.5, 0.6) is 0 Å². The van der Waals surface area contributed by atoms with Gasteiger partial charge in [0.2, 0.25) is 0 Å². The molecule has 0 atom stereocenters. The lowest BCUT2D eigenvalue weighted by atomic mass is 10.2. The van der Waals surface area contributed by atoms with Crippen LogP contribution in [0.15, 0.2) is 5.03 Å². The third kappa shape index (κ3) is 6.23. The molecule has 0 saturated heterocycles. The predicted octanol–water partition coefficient (Wildman–Crippen LogP) is 3.90. The number of urea groups is 1. The molecule has 2 amide bonds. The zero-order valence-electron chi connectivity index (χ0n) is 13.1. The number of thioether (sulfide) groups is 1. The average molecular weight is 345 g/mol. The van der Waals surface area contributed by atoms with Crippen molar-refractivity contribution >= 4 is 40.3 Å². The molecule has 0 unspecified atom stereocenters. The second-order valence-electron chi connectivity index (χ2n) is 5.28. The van der Waals surface area contributed by atoms with Gasteiger partial charge in [0.05, 0.1) is 0 Å². The summed E-state index contributed by atoms with van der Waals surface area (Å²) in [5.41, 5.74) is 0.0891. The molecule has 1 heterocycles. The Hall–Kier alpha value is -1.28. The van der Waals surface area contributed by atoms with E-state index < -0.39 is 12.0 Å². The van der Waals surface area contributed by atoms with Crippen molar-refractivity contribution in [2.75, 3.05) is 17.6 Å². The Balaban J connectivity index is 2.68. The Labute approximate surface area is 139 Å². The van der Waals surface area contributed by atoms with Gasteiger partial charge in [-0.3, -0.25) is 5.32 Å². The van der Waals surface area contributed by atoms with E-state index in [0.717, 1.165) is 36.5 Å². The summed E-state index contributed by atoms with van der Waals surface area (Å²) in [5, 5.41) is 15.4. The second-order valence-corrected chi connectivity index (χ2v) is 7.14. The molecule has 0 spiro atoms. The van der Waals surface area contributed by atoms with Crippen LogP contribution in [0.3, 0.4) is 0 Å². The largest absolute Gasteiger partial charge is 0.477 e. The number of hydrogen-bond donors (Lipinski definition) is 3. The first-order chi connectivity index (χ1) is 10.5. The van der Waals surface area contributed by atoms with Gasteiger partial charge in [-0.05, 0) is 29.6 Å². The van der Waals surface area contributed by atoms with Gasteiger partial charge in [-0.1, -0.05) is 33.6 Å². The van der Waals surface area contributed by atoms with Crippen LogP contribution in [0.1, 0.15) is 50.4 Å². The Morgan fingerprint density at radius 3 is 2.68 bits per heavy atom. The molecule has 1 rings (SSSR count). The van der Waals surface area contributed by atoms with Crippen LogP contribution in [-0.4, -0.2) is 33.8 Å². The van der Waals surface area contributed by atoms with Crippen LogP contribution in [0, 0.1) is 5.92 Å². The number of unbranched alkanes of at least 4 members (excludes halogenated alkanes) is 2. The number of carboxylic acid groups (broad SMARTS) is 1. The van der Waals surface area contributed by atoms with Crippen molar-refractivity contribution in [3.8, 4) is 0 Å². The van der Waals surface area contributed by atoms with Gasteiger partial charge in [-0.2, -0.15) is 4.37 Å². The number of amides is 2. The number of anilines is 1.